The van der Waals surface area contributed by atoms with Gasteiger partial charge >= 0.3 is 0 Å². The number of benzene rings is 1. The van der Waals surface area contributed by atoms with E-state index >= 15 is 0 Å². The summed E-state index contributed by atoms with van der Waals surface area (Å²) in [5.74, 6) is 0. The van der Waals surface area contributed by atoms with Crippen molar-refractivity contribution in [1.82, 2.24) is 10.6 Å². The number of anilines is 1. The van der Waals surface area contributed by atoms with Gasteiger partial charge in [0.2, 0.25) is 6.41 Å². The van der Waals surface area contributed by atoms with Gasteiger partial charge in [0.05, 0.1) is 5.60 Å². The Hall–Kier alpha value is -1.59. The zero-order valence-corrected chi connectivity index (χ0v) is 12.3. The number of hydroxylamine groups is 1. The van der Waals surface area contributed by atoms with Gasteiger partial charge in [0.15, 0.2) is 0 Å². The first-order valence-electron chi connectivity index (χ1n) is 6.25. The van der Waals surface area contributed by atoms with Crippen LogP contribution in [0.25, 0.3) is 0 Å². The van der Waals surface area contributed by atoms with E-state index in [9.17, 15) is 4.79 Å². The lowest BCUT2D eigenvalue weighted by molar-refractivity contribution is -0.239. The fraction of sp³-hybridized carbons (Fsp3) is 0.500. The van der Waals surface area contributed by atoms with Gasteiger partial charge < -0.3 is 4.90 Å². The van der Waals surface area contributed by atoms with Crippen LogP contribution >= 0.6 is 0 Å². The van der Waals surface area contributed by atoms with Crippen molar-refractivity contribution in [3.8, 4) is 0 Å². The van der Waals surface area contributed by atoms with Crippen molar-refractivity contribution in [3.05, 3.63) is 29.8 Å². The number of nitrogens with one attached hydrogen (secondary N) is 1. The van der Waals surface area contributed by atoms with Gasteiger partial charge in [-0.2, -0.15) is 5.17 Å². The average molecular weight is 265 g/mol. The van der Waals surface area contributed by atoms with Gasteiger partial charge in [-0.25, -0.2) is 10.3 Å². The SMILES string of the molecule is CN(C)c1ccc(CNN(C=O)OC(C)(C)C)cc1. The van der Waals surface area contributed by atoms with E-state index in [0.717, 1.165) is 16.4 Å². The van der Waals surface area contributed by atoms with Crippen molar-refractivity contribution in [1.29, 1.82) is 0 Å². The molecule has 106 valence electrons. The van der Waals surface area contributed by atoms with Crippen LogP contribution < -0.4 is 10.3 Å². The van der Waals surface area contributed by atoms with E-state index in [1.54, 1.807) is 0 Å². The Kier molecular flexibility index (Phi) is 5.32. The van der Waals surface area contributed by atoms with Crippen molar-refractivity contribution in [2.75, 3.05) is 19.0 Å². The summed E-state index contributed by atoms with van der Waals surface area (Å²) in [4.78, 5) is 18.3. The number of hydrogen-bond acceptors (Lipinski definition) is 4. The Morgan fingerprint density at radius 1 is 1.21 bits per heavy atom. The highest BCUT2D eigenvalue weighted by atomic mass is 16.7. The molecule has 0 bridgehead atoms. The first-order valence-corrected chi connectivity index (χ1v) is 6.25. The summed E-state index contributed by atoms with van der Waals surface area (Å²) in [5, 5.41) is 1.11. The van der Waals surface area contributed by atoms with Crippen LogP contribution in [0, 0.1) is 0 Å². The predicted molar refractivity (Wildman–Crippen MR) is 76.3 cm³/mol. The quantitative estimate of drug-likeness (QED) is 0.631. The van der Waals surface area contributed by atoms with Gasteiger partial charge in [-0.05, 0) is 38.5 Å². The van der Waals surface area contributed by atoms with Crippen LogP contribution in [-0.2, 0) is 16.2 Å². The van der Waals surface area contributed by atoms with Crippen molar-refractivity contribution in [2.45, 2.75) is 32.9 Å². The second kappa shape index (κ2) is 6.54. The van der Waals surface area contributed by atoms with Gasteiger partial charge in [0, 0.05) is 26.3 Å². The first-order chi connectivity index (χ1) is 8.81. The molecule has 1 aromatic rings. The Morgan fingerprint density at radius 2 is 1.79 bits per heavy atom. The van der Waals surface area contributed by atoms with Gasteiger partial charge in [-0.15, -0.1) is 0 Å². The molecule has 0 heterocycles. The number of hydrazine groups is 1. The Bertz CT molecular complexity index is 396. The molecule has 5 nitrogen and oxygen atoms in total. The van der Waals surface area contributed by atoms with Crippen LogP contribution in [0.1, 0.15) is 26.3 Å². The summed E-state index contributed by atoms with van der Waals surface area (Å²) in [6, 6.07) is 8.10. The van der Waals surface area contributed by atoms with Crippen molar-refractivity contribution >= 4 is 12.1 Å². The number of nitrogens with zero attached hydrogens (tertiary/aromatic N) is 2. The van der Waals surface area contributed by atoms with E-state index in [1.807, 2.05) is 64.0 Å². The van der Waals surface area contributed by atoms with Crippen LogP contribution in [-0.4, -0.2) is 31.3 Å². The van der Waals surface area contributed by atoms with E-state index in [1.165, 1.54) is 0 Å². The number of carbonyl (C=O) groups is 1. The molecule has 0 spiro atoms. The molecule has 0 aliphatic heterocycles. The molecule has 0 fully saturated rings. The predicted octanol–water partition coefficient (Wildman–Crippen LogP) is 1.95. The highest BCUT2D eigenvalue weighted by Gasteiger charge is 2.15. The summed E-state index contributed by atoms with van der Waals surface area (Å²) < 4.78 is 0. The van der Waals surface area contributed by atoms with E-state index in [-0.39, 0.29) is 0 Å². The monoisotopic (exact) mass is 265 g/mol. The van der Waals surface area contributed by atoms with E-state index in [0.29, 0.717) is 13.0 Å². The lowest BCUT2D eigenvalue weighted by atomic mass is 10.2. The summed E-state index contributed by atoms with van der Waals surface area (Å²) in [5.41, 5.74) is 4.73. The Morgan fingerprint density at radius 3 is 2.21 bits per heavy atom. The molecule has 0 atom stereocenters. The maximum absolute atomic E-state index is 10.9. The molecule has 0 aliphatic carbocycles. The Balaban J connectivity index is 2.53. The average Bonchev–Trinajstić information content (AvgIpc) is 2.33. The highest BCUT2D eigenvalue weighted by Crippen LogP contribution is 2.12. The topological polar surface area (TPSA) is 44.8 Å². The van der Waals surface area contributed by atoms with Crippen LogP contribution in [0.5, 0.6) is 0 Å². The molecule has 1 aromatic carbocycles. The van der Waals surface area contributed by atoms with Crippen molar-refractivity contribution in [2.24, 2.45) is 0 Å². The normalized spacial score (nSPS) is 11.2. The van der Waals surface area contributed by atoms with E-state index in [4.69, 9.17) is 4.84 Å². The van der Waals surface area contributed by atoms with Crippen molar-refractivity contribution in [3.63, 3.8) is 0 Å². The zero-order chi connectivity index (χ0) is 14.5. The molecule has 0 aromatic heterocycles. The smallest absolute Gasteiger partial charge is 0.249 e. The van der Waals surface area contributed by atoms with Gasteiger partial charge in [0.1, 0.15) is 0 Å². The molecule has 0 unspecified atom stereocenters. The van der Waals surface area contributed by atoms with Crippen LogP contribution in [0.15, 0.2) is 24.3 Å². The molecular formula is C14H23N3O2. The van der Waals surface area contributed by atoms with E-state index in [2.05, 4.69) is 5.43 Å². The number of carbonyl (C=O) groups excluding carboxylic acids is 1. The molecule has 1 amide bonds. The third kappa shape index (κ3) is 5.72. The molecule has 0 saturated heterocycles. The van der Waals surface area contributed by atoms with Crippen LogP contribution in [0.3, 0.4) is 0 Å². The lowest BCUT2D eigenvalue weighted by Gasteiger charge is -2.26. The van der Waals surface area contributed by atoms with Gasteiger partial charge in [-0.1, -0.05) is 12.1 Å². The molecule has 0 aliphatic rings. The molecule has 0 saturated carbocycles. The second-order valence-electron chi connectivity index (χ2n) is 5.53. The third-order valence-electron chi connectivity index (χ3n) is 2.36. The molecule has 5 heteroatoms. The maximum Gasteiger partial charge on any atom is 0.249 e. The fourth-order valence-electron chi connectivity index (χ4n) is 1.47. The standard InChI is InChI=1S/C14H23N3O2/c1-14(2,3)19-17(11-18)15-10-12-6-8-13(9-7-12)16(4)5/h6-9,11,15H,10H2,1-5H3. The third-order valence-corrected chi connectivity index (χ3v) is 2.36. The molecule has 0 radical (unpaired) electrons. The summed E-state index contributed by atoms with van der Waals surface area (Å²) in [6.45, 7) is 6.19. The van der Waals surface area contributed by atoms with Gasteiger partial charge in [0.25, 0.3) is 0 Å². The second-order valence-corrected chi connectivity index (χ2v) is 5.53. The van der Waals surface area contributed by atoms with Crippen LogP contribution in [0.4, 0.5) is 5.69 Å². The zero-order valence-electron chi connectivity index (χ0n) is 12.3. The lowest BCUT2D eigenvalue weighted by Crippen LogP contribution is -2.42. The minimum atomic E-state index is -0.414. The number of amides is 1. The fourth-order valence-corrected chi connectivity index (χ4v) is 1.47. The molecular weight excluding hydrogens is 242 g/mol. The van der Waals surface area contributed by atoms with E-state index < -0.39 is 5.60 Å². The number of rotatable bonds is 6. The maximum atomic E-state index is 10.9. The van der Waals surface area contributed by atoms with Gasteiger partial charge in [-0.3, -0.25) is 4.79 Å². The first kappa shape index (κ1) is 15.5. The van der Waals surface area contributed by atoms with Crippen LogP contribution in [0.2, 0.25) is 0 Å². The number of hydrogen-bond donors (Lipinski definition) is 1. The van der Waals surface area contributed by atoms with Crippen molar-refractivity contribution < 1.29 is 9.63 Å². The molecule has 1 N–H and O–H groups in total. The summed E-state index contributed by atoms with van der Waals surface area (Å²) >= 11 is 0. The highest BCUT2D eigenvalue weighted by molar-refractivity contribution is 5.46. The minimum absolute atomic E-state index is 0.414. The molecule has 19 heavy (non-hydrogen) atoms. The minimum Gasteiger partial charge on any atom is -0.378 e. The summed E-state index contributed by atoms with van der Waals surface area (Å²) in [7, 11) is 4.00. The summed E-state index contributed by atoms with van der Waals surface area (Å²) in [6.07, 6.45) is 0.624. The largest absolute Gasteiger partial charge is 0.378 e. The molecule has 1 rings (SSSR count). The Labute approximate surface area is 115 Å².